The zero-order valence-electron chi connectivity index (χ0n) is 8.48. The van der Waals surface area contributed by atoms with Gasteiger partial charge in [0.05, 0.1) is 6.10 Å². The molecule has 0 rings (SSSR count). The number of hydrogen-bond donors (Lipinski definition) is 0. The van der Waals surface area contributed by atoms with Gasteiger partial charge in [-0.15, -0.1) is 0 Å². The average molecular weight is 157 g/mol. The molecule has 67 valence electrons. The van der Waals surface area contributed by atoms with Crippen LogP contribution in [-0.2, 0) is 4.74 Å². The zero-order chi connectivity index (χ0) is 9.07. The monoisotopic (exact) mass is 157 g/mol. The van der Waals surface area contributed by atoms with E-state index in [4.69, 9.17) is 4.74 Å². The lowest BCUT2D eigenvalue weighted by Crippen LogP contribution is -2.34. The molecule has 0 aliphatic rings. The first-order valence-electron chi connectivity index (χ1n) is 4.30. The highest BCUT2D eigenvalue weighted by Gasteiger charge is 2.27. The van der Waals surface area contributed by atoms with Gasteiger partial charge < -0.3 is 4.74 Å². The van der Waals surface area contributed by atoms with Crippen LogP contribution in [0.2, 0.25) is 0 Å². The predicted molar refractivity (Wildman–Crippen MR) is 49.4 cm³/mol. The Balaban J connectivity index is 4.10. The van der Waals surface area contributed by atoms with Crippen molar-refractivity contribution in [3.05, 3.63) is 6.92 Å². The first-order chi connectivity index (χ1) is 4.89. The summed E-state index contributed by atoms with van der Waals surface area (Å²) >= 11 is 0. The van der Waals surface area contributed by atoms with Crippen LogP contribution >= 0.6 is 0 Å². The molecule has 0 amide bonds. The van der Waals surface area contributed by atoms with Gasteiger partial charge in [-0.2, -0.15) is 0 Å². The molecule has 1 atom stereocenters. The van der Waals surface area contributed by atoms with Gasteiger partial charge in [0.15, 0.2) is 0 Å². The molecule has 0 aliphatic heterocycles. The van der Waals surface area contributed by atoms with Crippen LogP contribution in [0, 0.1) is 18.3 Å². The van der Waals surface area contributed by atoms with Gasteiger partial charge in [0.25, 0.3) is 0 Å². The normalized spacial score (nSPS) is 15.5. The SMILES string of the molecule is [CH2]COC(C(C)C)C(C)(C)C. The molecule has 0 aromatic carbocycles. The Morgan fingerprint density at radius 3 is 1.82 bits per heavy atom. The van der Waals surface area contributed by atoms with Gasteiger partial charge in [-0.05, 0) is 18.3 Å². The van der Waals surface area contributed by atoms with Crippen molar-refractivity contribution in [3.63, 3.8) is 0 Å². The second kappa shape index (κ2) is 4.10. The summed E-state index contributed by atoms with van der Waals surface area (Å²) in [6.45, 7) is 15.2. The Hall–Kier alpha value is -0.0400. The quantitative estimate of drug-likeness (QED) is 0.612. The lowest BCUT2D eigenvalue weighted by molar-refractivity contribution is -0.0342. The molecule has 0 N–H and O–H groups in total. The number of hydrogen-bond acceptors (Lipinski definition) is 1. The minimum absolute atomic E-state index is 0.228. The Morgan fingerprint density at radius 2 is 1.73 bits per heavy atom. The van der Waals surface area contributed by atoms with E-state index in [1.54, 1.807) is 0 Å². The van der Waals surface area contributed by atoms with Crippen LogP contribution in [0.3, 0.4) is 0 Å². The Morgan fingerprint density at radius 1 is 1.27 bits per heavy atom. The van der Waals surface area contributed by atoms with Gasteiger partial charge in [0, 0.05) is 6.61 Å². The molecule has 0 saturated carbocycles. The average Bonchev–Trinajstić information content (AvgIpc) is 1.79. The summed E-state index contributed by atoms with van der Waals surface area (Å²) in [5, 5.41) is 0. The zero-order valence-corrected chi connectivity index (χ0v) is 8.48. The van der Waals surface area contributed by atoms with E-state index in [9.17, 15) is 0 Å². The lowest BCUT2D eigenvalue weighted by Gasteiger charge is -2.33. The van der Waals surface area contributed by atoms with E-state index in [1.807, 2.05) is 0 Å². The second-order valence-corrected chi connectivity index (χ2v) is 4.40. The molecule has 0 aromatic heterocycles. The molecule has 0 saturated heterocycles. The smallest absolute Gasteiger partial charge is 0.0646 e. The number of rotatable bonds is 3. The standard InChI is InChI=1S/C10H21O/c1-7-11-9(8(2)3)10(4,5)6/h8-9H,1,7H2,2-6H3. The van der Waals surface area contributed by atoms with Crippen LogP contribution in [0.25, 0.3) is 0 Å². The van der Waals surface area contributed by atoms with Crippen molar-refractivity contribution >= 4 is 0 Å². The van der Waals surface area contributed by atoms with E-state index in [0.29, 0.717) is 18.6 Å². The van der Waals surface area contributed by atoms with Crippen molar-refractivity contribution in [2.24, 2.45) is 11.3 Å². The third-order valence-corrected chi connectivity index (χ3v) is 1.76. The lowest BCUT2D eigenvalue weighted by atomic mass is 9.82. The predicted octanol–water partition coefficient (Wildman–Crippen LogP) is 2.91. The van der Waals surface area contributed by atoms with Gasteiger partial charge in [0.2, 0.25) is 0 Å². The summed E-state index contributed by atoms with van der Waals surface area (Å²) in [5.74, 6) is 0.566. The fourth-order valence-corrected chi connectivity index (χ4v) is 1.57. The molecule has 0 bridgehead atoms. The van der Waals surface area contributed by atoms with Crippen LogP contribution in [0.1, 0.15) is 34.6 Å². The van der Waals surface area contributed by atoms with Gasteiger partial charge in [0.1, 0.15) is 0 Å². The number of ether oxygens (including phenoxy) is 1. The van der Waals surface area contributed by atoms with Crippen molar-refractivity contribution in [2.75, 3.05) is 6.61 Å². The summed E-state index contributed by atoms with van der Waals surface area (Å²) in [5.41, 5.74) is 0.228. The molecule has 1 radical (unpaired) electrons. The van der Waals surface area contributed by atoms with Crippen LogP contribution in [0.15, 0.2) is 0 Å². The highest BCUT2D eigenvalue weighted by molar-refractivity contribution is 4.77. The van der Waals surface area contributed by atoms with Crippen LogP contribution in [0.4, 0.5) is 0 Å². The van der Waals surface area contributed by atoms with E-state index in [0.717, 1.165) is 0 Å². The maximum atomic E-state index is 5.56. The largest absolute Gasteiger partial charge is 0.377 e. The van der Waals surface area contributed by atoms with Crippen LogP contribution in [0.5, 0.6) is 0 Å². The van der Waals surface area contributed by atoms with Crippen molar-refractivity contribution in [2.45, 2.75) is 40.7 Å². The van der Waals surface area contributed by atoms with Crippen LogP contribution < -0.4 is 0 Å². The van der Waals surface area contributed by atoms with Crippen molar-refractivity contribution in [3.8, 4) is 0 Å². The fourth-order valence-electron chi connectivity index (χ4n) is 1.57. The topological polar surface area (TPSA) is 9.23 Å². The van der Waals surface area contributed by atoms with E-state index in [-0.39, 0.29) is 5.41 Å². The summed E-state index contributed by atoms with van der Waals surface area (Å²) in [7, 11) is 0. The van der Waals surface area contributed by atoms with Gasteiger partial charge in [-0.3, -0.25) is 0 Å². The van der Waals surface area contributed by atoms with Gasteiger partial charge in [-0.25, -0.2) is 0 Å². The fraction of sp³-hybridized carbons (Fsp3) is 0.900. The maximum absolute atomic E-state index is 5.56. The molecule has 0 heterocycles. The Bertz CT molecular complexity index is 99.9. The molecular formula is C10H21O. The third-order valence-electron chi connectivity index (χ3n) is 1.76. The van der Waals surface area contributed by atoms with Gasteiger partial charge >= 0.3 is 0 Å². The summed E-state index contributed by atoms with van der Waals surface area (Å²) in [4.78, 5) is 0. The van der Waals surface area contributed by atoms with Crippen molar-refractivity contribution < 1.29 is 4.74 Å². The Labute approximate surface area is 71.1 Å². The first-order valence-corrected chi connectivity index (χ1v) is 4.30. The van der Waals surface area contributed by atoms with Crippen molar-refractivity contribution in [1.82, 2.24) is 0 Å². The maximum Gasteiger partial charge on any atom is 0.0646 e. The minimum atomic E-state index is 0.228. The molecule has 0 spiro atoms. The minimum Gasteiger partial charge on any atom is -0.377 e. The van der Waals surface area contributed by atoms with Crippen LogP contribution in [-0.4, -0.2) is 12.7 Å². The molecule has 1 nitrogen and oxygen atoms in total. The molecule has 1 heteroatoms. The highest BCUT2D eigenvalue weighted by Crippen LogP contribution is 2.27. The third kappa shape index (κ3) is 3.76. The van der Waals surface area contributed by atoms with E-state index in [2.05, 4.69) is 41.5 Å². The first kappa shape index (κ1) is 11.0. The second-order valence-electron chi connectivity index (χ2n) is 4.40. The molecule has 0 aliphatic carbocycles. The highest BCUT2D eigenvalue weighted by atomic mass is 16.5. The summed E-state index contributed by atoms with van der Waals surface area (Å²) < 4.78 is 5.56. The van der Waals surface area contributed by atoms with Crippen molar-refractivity contribution in [1.29, 1.82) is 0 Å². The Kier molecular flexibility index (Phi) is 4.09. The molecule has 1 unspecified atom stereocenters. The molecular weight excluding hydrogens is 136 g/mol. The van der Waals surface area contributed by atoms with Gasteiger partial charge in [-0.1, -0.05) is 34.6 Å². The van der Waals surface area contributed by atoms with E-state index < -0.39 is 0 Å². The summed E-state index contributed by atoms with van der Waals surface area (Å²) in [6, 6.07) is 0. The molecule has 11 heavy (non-hydrogen) atoms. The molecule has 0 aromatic rings. The van der Waals surface area contributed by atoms with E-state index in [1.165, 1.54) is 0 Å². The van der Waals surface area contributed by atoms with E-state index >= 15 is 0 Å². The summed E-state index contributed by atoms with van der Waals surface area (Å²) in [6.07, 6.45) is 0.319. The molecule has 0 fully saturated rings.